The van der Waals surface area contributed by atoms with Gasteiger partial charge in [-0.05, 0) is 28.1 Å². The summed E-state index contributed by atoms with van der Waals surface area (Å²) in [5, 5.41) is 8.41. The van der Waals surface area contributed by atoms with E-state index in [4.69, 9.17) is 0 Å². The fourth-order valence-corrected chi connectivity index (χ4v) is 3.24. The van der Waals surface area contributed by atoms with Crippen molar-refractivity contribution in [3.8, 4) is 0 Å². The second kappa shape index (κ2) is 7.87. The molecule has 0 aliphatic carbocycles. The van der Waals surface area contributed by atoms with Gasteiger partial charge in [-0.25, -0.2) is 9.97 Å². The van der Waals surface area contributed by atoms with Gasteiger partial charge >= 0.3 is 0 Å². The quantitative estimate of drug-likeness (QED) is 0.822. The summed E-state index contributed by atoms with van der Waals surface area (Å²) in [6.07, 6.45) is 1.75. The normalized spacial score (nSPS) is 14.3. The van der Waals surface area contributed by atoms with Gasteiger partial charge in [0.1, 0.15) is 10.3 Å². The van der Waals surface area contributed by atoms with E-state index in [0.29, 0.717) is 15.4 Å². The minimum atomic E-state index is -0.247. The molecule has 1 fully saturated rings. The molecule has 0 atom stereocenters. The standard InChI is InChI=1S/C13H14BrN5OS.ClH/c14-11-8-21-13(17-11)18-12(20)10-2-1-9(7-16-10)19-5-3-15-4-6-19;/h1-2,7-8,15H,3-6H2,(H,17,18,20);1H. The lowest BCUT2D eigenvalue weighted by Gasteiger charge is -2.29. The van der Waals surface area contributed by atoms with Crippen molar-refractivity contribution in [3.05, 3.63) is 34.0 Å². The van der Waals surface area contributed by atoms with Crippen LogP contribution in [0.3, 0.4) is 0 Å². The van der Waals surface area contributed by atoms with Gasteiger partial charge in [0, 0.05) is 31.6 Å². The molecule has 22 heavy (non-hydrogen) atoms. The Morgan fingerprint density at radius 3 is 2.73 bits per heavy atom. The predicted molar refractivity (Wildman–Crippen MR) is 94.3 cm³/mol. The molecule has 2 aromatic rings. The number of halogens is 2. The van der Waals surface area contributed by atoms with E-state index in [1.54, 1.807) is 12.3 Å². The first-order chi connectivity index (χ1) is 10.2. The lowest BCUT2D eigenvalue weighted by Crippen LogP contribution is -2.43. The summed E-state index contributed by atoms with van der Waals surface area (Å²) in [6, 6.07) is 3.68. The van der Waals surface area contributed by atoms with Gasteiger partial charge in [-0.3, -0.25) is 10.1 Å². The van der Waals surface area contributed by atoms with Crippen molar-refractivity contribution in [1.82, 2.24) is 15.3 Å². The molecule has 0 bridgehead atoms. The van der Waals surface area contributed by atoms with E-state index in [9.17, 15) is 4.79 Å². The smallest absolute Gasteiger partial charge is 0.276 e. The van der Waals surface area contributed by atoms with Crippen molar-refractivity contribution in [2.75, 3.05) is 36.4 Å². The fourth-order valence-electron chi connectivity index (χ4n) is 2.10. The van der Waals surface area contributed by atoms with Crippen LogP contribution in [-0.4, -0.2) is 42.1 Å². The van der Waals surface area contributed by atoms with Crippen LogP contribution in [-0.2, 0) is 0 Å². The Labute approximate surface area is 146 Å². The first kappa shape index (κ1) is 17.1. The van der Waals surface area contributed by atoms with Crippen molar-refractivity contribution in [2.45, 2.75) is 0 Å². The Hall–Kier alpha value is -1.22. The molecule has 2 N–H and O–H groups in total. The van der Waals surface area contributed by atoms with Crippen molar-refractivity contribution in [1.29, 1.82) is 0 Å². The maximum absolute atomic E-state index is 12.1. The van der Waals surface area contributed by atoms with Crippen LogP contribution in [0.4, 0.5) is 10.8 Å². The Morgan fingerprint density at radius 1 is 1.36 bits per heavy atom. The maximum atomic E-state index is 12.1. The fraction of sp³-hybridized carbons (Fsp3) is 0.308. The largest absolute Gasteiger partial charge is 0.368 e. The van der Waals surface area contributed by atoms with Gasteiger partial charge in [0.05, 0.1) is 11.9 Å². The van der Waals surface area contributed by atoms with E-state index >= 15 is 0 Å². The number of nitrogens with one attached hydrogen (secondary N) is 2. The van der Waals surface area contributed by atoms with Crippen LogP contribution in [0, 0.1) is 0 Å². The van der Waals surface area contributed by atoms with E-state index in [2.05, 4.69) is 41.4 Å². The van der Waals surface area contributed by atoms with Gasteiger partial charge in [-0.15, -0.1) is 23.7 Å². The lowest BCUT2D eigenvalue weighted by atomic mass is 10.2. The summed E-state index contributed by atoms with van der Waals surface area (Å²) in [5.41, 5.74) is 1.44. The number of aromatic nitrogens is 2. The SMILES string of the molecule is Cl.O=C(Nc1nc(Br)cs1)c1ccc(N2CCNCC2)cn1. The zero-order valence-electron chi connectivity index (χ0n) is 11.6. The van der Waals surface area contributed by atoms with Gasteiger partial charge in [0.25, 0.3) is 5.91 Å². The second-order valence-corrected chi connectivity index (χ2v) is 6.24. The maximum Gasteiger partial charge on any atom is 0.276 e. The summed E-state index contributed by atoms with van der Waals surface area (Å²) < 4.78 is 0.713. The average molecular weight is 405 g/mol. The molecular formula is C13H15BrClN5OS. The lowest BCUT2D eigenvalue weighted by molar-refractivity contribution is 0.102. The van der Waals surface area contributed by atoms with E-state index in [1.165, 1.54) is 11.3 Å². The van der Waals surface area contributed by atoms with Crippen molar-refractivity contribution < 1.29 is 4.79 Å². The first-order valence-corrected chi connectivity index (χ1v) is 8.24. The Morgan fingerprint density at radius 2 is 2.14 bits per heavy atom. The molecule has 0 spiro atoms. The van der Waals surface area contributed by atoms with Gasteiger partial charge in [0.2, 0.25) is 0 Å². The number of amides is 1. The van der Waals surface area contributed by atoms with Crippen molar-refractivity contribution in [2.24, 2.45) is 0 Å². The average Bonchev–Trinajstić information content (AvgIpc) is 2.93. The second-order valence-electron chi connectivity index (χ2n) is 4.57. The molecule has 0 aromatic carbocycles. The minimum absolute atomic E-state index is 0. The molecule has 3 rings (SSSR count). The summed E-state index contributed by atoms with van der Waals surface area (Å²) in [6.45, 7) is 3.86. The van der Waals surface area contributed by atoms with Crippen LogP contribution >= 0.6 is 39.7 Å². The van der Waals surface area contributed by atoms with Crippen LogP contribution in [0.15, 0.2) is 28.3 Å². The highest BCUT2D eigenvalue weighted by atomic mass is 79.9. The first-order valence-electron chi connectivity index (χ1n) is 6.56. The molecule has 118 valence electrons. The number of nitrogens with zero attached hydrogens (tertiary/aromatic N) is 3. The zero-order valence-corrected chi connectivity index (χ0v) is 14.8. The number of piperazine rings is 1. The minimum Gasteiger partial charge on any atom is -0.368 e. The Kier molecular flexibility index (Phi) is 6.13. The van der Waals surface area contributed by atoms with E-state index < -0.39 is 0 Å². The number of hydrogen-bond acceptors (Lipinski definition) is 6. The van der Waals surface area contributed by atoms with Gasteiger partial charge in [-0.1, -0.05) is 0 Å². The van der Waals surface area contributed by atoms with Crippen LogP contribution in [0.1, 0.15) is 10.5 Å². The van der Waals surface area contributed by atoms with Gasteiger partial charge < -0.3 is 10.2 Å². The molecule has 1 amide bonds. The molecule has 9 heteroatoms. The van der Waals surface area contributed by atoms with Gasteiger partial charge in [-0.2, -0.15) is 0 Å². The molecule has 0 unspecified atom stereocenters. The third kappa shape index (κ3) is 4.16. The van der Waals surface area contributed by atoms with E-state index in [1.807, 2.05) is 11.4 Å². The van der Waals surface area contributed by atoms with E-state index in [0.717, 1.165) is 31.9 Å². The van der Waals surface area contributed by atoms with Crippen molar-refractivity contribution >= 4 is 56.4 Å². The zero-order chi connectivity index (χ0) is 14.7. The molecule has 1 saturated heterocycles. The number of carbonyl (C=O) groups is 1. The summed E-state index contributed by atoms with van der Waals surface area (Å²) in [7, 11) is 0. The number of rotatable bonds is 3. The highest BCUT2D eigenvalue weighted by molar-refractivity contribution is 9.10. The summed E-state index contributed by atoms with van der Waals surface area (Å²) in [5.74, 6) is -0.247. The molecule has 0 saturated carbocycles. The number of hydrogen-bond donors (Lipinski definition) is 2. The molecule has 6 nitrogen and oxygen atoms in total. The highest BCUT2D eigenvalue weighted by Gasteiger charge is 2.13. The highest BCUT2D eigenvalue weighted by Crippen LogP contribution is 2.20. The molecule has 0 radical (unpaired) electrons. The molecular weight excluding hydrogens is 390 g/mol. The molecule has 2 aromatic heterocycles. The number of carbonyl (C=O) groups excluding carboxylic acids is 1. The Bertz CT molecular complexity index is 630. The predicted octanol–water partition coefficient (Wildman–Crippen LogP) is 2.38. The number of thiazole rings is 1. The van der Waals surface area contributed by atoms with E-state index in [-0.39, 0.29) is 18.3 Å². The molecule has 1 aliphatic rings. The van der Waals surface area contributed by atoms with Gasteiger partial charge in [0.15, 0.2) is 5.13 Å². The monoisotopic (exact) mass is 403 g/mol. The van der Waals surface area contributed by atoms with Crippen LogP contribution in [0.5, 0.6) is 0 Å². The topological polar surface area (TPSA) is 70.2 Å². The van der Waals surface area contributed by atoms with Crippen LogP contribution in [0.2, 0.25) is 0 Å². The number of anilines is 2. The van der Waals surface area contributed by atoms with Crippen LogP contribution in [0.25, 0.3) is 0 Å². The third-order valence-electron chi connectivity index (χ3n) is 3.16. The van der Waals surface area contributed by atoms with Crippen molar-refractivity contribution in [3.63, 3.8) is 0 Å². The molecule has 1 aliphatic heterocycles. The summed E-state index contributed by atoms with van der Waals surface area (Å²) >= 11 is 4.62. The molecule has 3 heterocycles. The van der Waals surface area contributed by atoms with Crippen LogP contribution < -0.4 is 15.5 Å². The summed E-state index contributed by atoms with van der Waals surface area (Å²) in [4.78, 5) is 22.7. The number of pyridine rings is 1. The third-order valence-corrected chi connectivity index (χ3v) is 4.63. The Balaban J connectivity index is 0.00000176.